The third kappa shape index (κ3) is 50.2. The van der Waals surface area contributed by atoms with Crippen LogP contribution in [0.3, 0.4) is 0 Å². The highest BCUT2D eigenvalue weighted by Gasteiger charge is 2.44. The van der Waals surface area contributed by atoms with Gasteiger partial charge in [-0.25, -0.2) is 0 Å². The van der Waals surface area contributed by atoms with Gasteiger partial charge in [0.25, 0.3) is 0 Å². The van der Waals surface area contributed by atoms with E-state index in [1.165, 1.54) is 135 Å². The number of unbranched alkanes of at least 4 members (excludes halogenated alkanes) is 25. The lowest BCUT2D eigenvalue weighted by Gasteiger charge is -2.40. The molecule has 7 atom stereocenters. The first-order valence-corrected chi connectivity index (χ1v) is 34.1. The van der Waals surface area contributed by atoms with Gasteiger partial charge in [-0.1, -0.05) is 288 Å². The second-order valence-electron chi connectivity index (χ2n) is 22.9. The first-order chi connectivity index (χ1) is 41.3. The predicted molar refractivity (Wildman–Crippen MR) is 359 cm³/mol. The van der Waals surface area contributed by atoms with Gasteiger partial charge in [0, 0.05) is 6.42 Å². The quantitative estimate of drug-likeness (QED) is 0.0261. The normalized spacial score (nSPS) is 19.2. The molecule has 0 radical (unpaired) electrons. The van der Waals surface area contributed by atoms with Crippen molar-refractivity contribution < 1.29 is 39.8 Å². The van der Waals surface area contributed by atoms with E-state index in [0.717, 1.165) is 109 Å². The van der Waals surface area contributed by atoms with E-state index in [9.17, 15) is 30.3 Å². The van der Waals surface area contributed by atoms with Crippen LogP contribution in [0.5, 0.6) is 0 Å². The van der Waals surface area contributed by atoms with E-state index in [1.807, 2.05) is 6.08 Å². The van der Waals surface area contributed by atoms with Crippen molar-refractivity contribution in [2.24, 2.45) is 0 Å². The van der Waals surface area contributed by atoms with Gasteiger partial charge in [0.1, 0.15) is 24.4 Å². The smallest absolute Gasteiger partial charge is 0.220 e. The number of carbonyl (C=O) groups is 1. The molecule has 1 saturated heterocycles. The van der Waals surface area contributed by atoms with Crippen LogP contribution >= 0.6 is 0 Å². The molecule has 0 spiro atoms. The summed E-state index contributed by atoms with van der Waals surface area (Å²) in [7, 11) is 0. The van der Waals surface area contributed by atoms with E-state index in [0.29, 0.717) is 6.42 Å². The summed E-state index contributed by atoms with van der Waals surface area (Å²) in [5.41, 5.74) is 0. The fourth-order valence-corrected chi connectivity index (χ4v) is 9.83. The van der Waals surface area contributed by atoms with Crippen molar-refractivity contribution in [1.29, 1.82) is 0 Å². The third-order valence-corrected chi connectivity index (χ3v) is 15.1. The lowest BCUT2D eigenvalue weighted by molar-refractivity contribution is -0.302. The fourth-order valence-electron chi connectivity index (χ4n) is 9.83. The first-order valence-electron chi connectivity index (χ1n) is 34.1. The van der Waals surface area contributed by atoms with Gasteiger partial charge < -0.3 is 40.3 Å². The maximum absolute atomic E-state index is 13.1. The van der Waals surface area contributed by atoms with Crippen LogP contribution in [0.1, 0.15) is 264 Å². The van der Waals surface area contributed by atoms with E-state index in [2.05, 4.69) is 153 Å². The molecule has 1 fully saturated rings. The highest BCUT2D eigenvalue weighted by Crippen LogP contribution is 2.23. The summed E-state index contributed by atoms with van der Waals surface area (Å²) in [6, 6.07) is -0.839. The van der Waals surface area contributed by atoms with Crippen LogP contribution in [0, 0.1) is 0 Å². The van der Waals surface area contributed by atoms with Crippen molar-refractivity contribution in [3.05, 3.63) is 146 Å². The zero-order valence-corrected chi connectivity index (χ0v) is 53.4. The van der Waals surface area contributed by atoms with Crippen molar-refractivity contribution in [3.63, 3.8) is 0 Å². The highest BCUT2D eigenvalue weighted by atomic mass is 16.7. The molecule has 9 nitrogen and oxygen atoms in total. The molecule has 1 aliphatic rings. The maximum atomic E-state index is 13.1. The Morgan fingerprint density at radius 3 is 1.14 bits per heavy atom. The van der Waals surface area contributed by atoms with Crippen LogP contribution in [0.25, 0.3) is 0 Å². The molecule has 6 N–H and O–H groups in total. The average Bonchev–Trinajstić information content (AvgIpc) is 3.70. The van der Waals surface area contributed by atoms with Gasteiger partial charge in [-0.05, 0) is 116 Å². The summed E-state index contributed by atoms with van der Waals surface area (Å²) >= 11 is 0. The average molecular weight is 1170 g/mol. The number of aliphatic hydroxyl groups is 5. The van der Waals surface area contributed by atoms with Crippen LogP contribution < -0.4 is 5.32 Å². The van der Waals surface area contributed by atoms with E-state index < -0.39 is 49.5 Å². The van der Waals surface area contributed by atoms with E-state index in [4.69, 9.17) is 9.47 Å². The molecular formula is C75H125NO8. The lowest BCUT2D eigenvalue weighted by Crippen LogP contribution is -2.60. The molecule has 7 unspecified atom stereocenters. The molecule has 9 heteroatoms. The van der Waals surface area contributed by atoms with E-state index in [1.54, 1.807) is 6.08 Å². The summed E-state index contributed by atoms with van der Waals surface area (Å²) in [6.07, 6.45) is 89.4. The molecule has 1 aliphatic heterocycles. The third-order valence-electron chi connectivity index (χ3n) is 15.1. The number of nitrogens with one attached hydrogen (secondary N) is 1. The van der Waals surface area contributed by atoms with Crippen LogP contribution in [-0.2, 0) is 14.3 Å². The molecule has 1 amide bonds. The van der Waals surface area contributed by atoms with Crippen molar-refractivity contribution in [3.8, 4) is 0 Å². The van der Waals surface area contributed by atoms with Crippen molar-refractivity contribution in [1.82, 2.24) is 5.32 Å². The Hall–Kier alpha value is -3.93. The number of hydrogen-bond donors (Lipinski definition) is 6. The summed E-state index contributed by atoms with van der Waals surface area (Å²) in [5, 5.41) is 54.6. The number of aliphatic hydroxyl groups excluding tert-OH is 5. The van der Waals surface area contributed by atoms with Gasteiger partial charge in [0.15, 0.2) is 6.29 Å². The topological polar surface area (TPSA) is 149 Å². The molecule has 84 heavy (non-hydrogen) atoms. The van der Waals surface area contributed by atoms with Gasteiger partial charge >= 0.3 is 0 Å². The predicted octanol–water partition coefficient (Wildman–Crippen LogP) is 18.6. The molecule has 0 aliphatic carbocycles. The Labute approximate surface area is 514 Å². The lowest BCUT2D eigenvalue weighted by atomic mass is 9.99. The SMILES string of the molecule is CC/C=C\C/C=C\C/C=C\C/C=C\C/C=C\C/C=C\C/C=C\C/C=C\C/C=C\CCCCCCCCCCCCCCCC(=O)NC(COC1OC(CO)C(O)C(O)C1O)C(O)/C=C/CC/C=C/CC/C=C/CCCCCCCCCCCC. The molecule has 0 saturated carbocycles. The zero-order valence-electron chi connectivity index (χ0n) is 53.4. The number of hydrogen-bond acceptors (Lipinski definition) is 8. The molecule has 478 valence electrons. The number of allylic oxidation sites excluding steroid dienone is 23. The number of ether oxygens (including phenoxy) is 2. The summed E-state index contributed by atoms with van der Waals surface area (Å²) in [5.74, 6) is -0.196. The number of rotatable bonds is 57. The molecule has 0 aromatic carbocycles. The van der Waals surface area contributed by atoms with Gasteiger partial charge in [-0.2, -0.15) is 0 Å². The summed E-state index contributed by atoms with van der Waals surface area (Å²) < 4.78 is 11.3. The minimum Gasteiger partial charge on any atom is -0.394 e. The summed E-state index contributed by atoms with van der Waals surface area (Å²) in [6.45, 7) is 3.64. The minimum atomic E-state index is -1.58. The Morgan fingerprint density at radius 1 is 0.417 bits per heavy atom. The maximum Gasteiger partial charge on any atom is 0.220 e. The van der Waals surface area contributed by atoms with Gasteiger partial charge in [0.05, 0.1) is 25.4 Å². The highest BCUT2D eigenvalue weighted by molar-refractivity contribution is 5.76. The molecule has 0 aromatic rings. The Kier molecular flexibility index (Phi) is 57.8. The zero-order chi connectivity index (χ0) is 60.7. The van der Waals surface area contributed by atoms with E-state index >= 15 is 0 Å². The molecular weight excluding hydrogens is 1040 g/mol. The van der Waals surface area contributed by atoms with Crippen LogP contribution in [0.15, 0.2) is 146 Å². The molecule has 1 rings (SSSR count). The molecule has 0 aromatic heterocycles. The molecule has 1 heterocycles. The van der Waals surface area contributed by atoms with Gasteiger partial charge in [0.2, 0.25) is 5.91 Å². The van der Waals surface area contributed by atoms with Crippen LogP contribution in [-0.4, -0.2) is 87.5 Å². The van der Waals surface area contributed by atoms with Crippen LogP contribution in [0.2, 0.25) is 0 Å². The Morgan fingerprint density at radius 2 is 0.750 bits per heavy atom. The first kappa shape index (κ1) is 78.1. The Bertz CT molecular complexity index is 1830. The second kappa shape index (κ2) is 62.1. The van der Waals surface area contributed by atoms with Crippen molar-refractivity contribution in [2.75, 3.05) is 13.2 Å². The van der Waals surface area contributed by atoms with Gasteiger partial charge in [-0.15, -0.1) is 0 Å². The number of amides is 1. The van der Waals surface area contributed by atoms with Gasteiger partial charge in [-0.3, -0.25) is 4.79 Å². The fraction of sp³-hybridized carbons (Fsp3) is 0.667. The molecule has 0 bridgehead atoms. The minimum absolute atomic E-state index is 0.196. The Balaban J connectivity index is 2.15. The van der Waals surface area contributed by atoms with E-state index in [-0.39, 0.29) is 12.5 Å². The number of carbonyl (C=O) groups excluding carboxylic acids is 1. The van der Waals surface area contributed by atoms with Crippen LogP contribution in [0.4, 0.5) is 0 Å². The van der Waals surface area contributed by atoms with Crippen molar-refractivity contribution >= 4 is 5.91 Å². The summed E-state index contributed by atoms with van der Waals surface area (Å²) in [4.78, 5) is 13.1. The monoisotopic (exact) mass is 1170 g/mol. The van der Waals surface area contributed by atoms with Crippen molar-refractivity contribution in [2.45, 2.75) is 307 Å². The largest absolute Gasteiger partial charge is 0.394 e. The second-order valence-corrected chi connectivity index (χ2v) is 22.9. The standard InChI is InChI=1S/C75H125NO8/c1-3-5-7-9-11-13-15-17-19-21-23-25-26-27-28-29-30-31-32-33-34-35-36-37-38-39-40-41-42-43-44-45-47-49-51-53-55-57-59-61-63-65-71(79)76-68(67-83-75-74(82)73(81)72(80)70(66-77)84-75)69(78)64-62-60-58-56-54-52-50-48-46-24-22-20-18-16-14-12-10-8-6-4-2/h5,7,11,13,17,19,23,25,27-28,30-31,33-34,36-37,39-40,46,48,54,56,62,64,68-70,72-75,77-78,80-82H,3-4,6,8-10,12,14-16,18,20-22,24,26,29,32,35,38,41-45,47,49-53,55,57-61,63,65-67H2,1-2H3,(H,76,79)/b7-5-,13-11-,19-17-,25-23-,28-27-,31-30-,34-33-,37-36-,40-39-,48-46+,56-54+,64-62+.